The number of alkyl halides is 3. The van der Waals surface area contributed by atoms with Gasteiger partial charge in [-0.1, -0.05) is 6.07 Å². The lowest BCUT2D eigenvalue weighted by atomic mass is 9.85. The molecule has 0 saturated heterocycles. The van der Waals surface area contributed by atoms with Crippen molar-refractivity contribution < 1.29 is 22.6 Å². The molecule has 21 heavy (non-hydrogen) atoms. The Morgan fingerprint density at radius 2 is 2.10 bits per heavy atom. The Labute approximate surface area is 122 Å². The van der Waals surface area contributed by atoms with Gasteiger partial charge < -0.3 is 14.8 Å². The maximum absolute atomic E-state index is 12.2. The summed E-state index contributed by atoms with van der Waals surface area (Å²) >= 11 is 0. The van der Waals surface area contributed by atoms with Crippen LogP contribution in [0.25, 0.3) is 0 Å². The highest BCUT2D eigenvalue weighted by Gasteiger charge is 2.32. The summed E-state index contributed by atoms with van der Waals surface area (Å²) in [5, 5.41) is 3.15. The van der Waals surface area contributed by atoms with Crippen LogP contribution in [-0.4, -0.2) is 33.0 Å². The molecule has 1 N–H and O–H groups in total. The minimum Gasteiger partial charge on any atom is -0.497 e. The Morgan fingerprint density at radius 3 is 2.71 bits per heavy atom. The molecule has 6 heteroatoms. The summed E-state index contributed by atoms with van der Waals surface area (Å²) in [6.07, 6.45) is -3.84. The summed E-state index contributed by atoms with van der Waals surface area (Å²) in [5.41, 5.74) is 2.23. The van der Waals surface area contributed by atoms with Gasteiger partial charge in [-0.25, -0.2) is 0 Å². The number of hydrogen-bond acceptors (Lipinski definition) is 3. The van der Waals surface area contributed by atoms with Crippen LogP contribution in [0.4, 0.5) is 13.2 Å². The second-order valence-electron chi connectivity index (χ2n) is 5.14. The minimum atomic E-state index is -4.17. The van der Waals surface area contributed by atoms with E-state index in [1.165, 1.54) is 0 Å². The number of ether oxygens (including phenoxy) is 2. The summed E-state index contributed by atoms with van der Waals surface area (Å²) in [6.45, 7) is -0.294. The molecule has 0 radical (unpaired) electrons. The number of halogens is 3. The lowest BCUT2D eigenvalue weighted by Gasteiger charge is -2.33. The van der Waals surface area contributed by atoms with Crippen LogP contribution < -0.4 is 10.1 Å². The quantitative estimate of drug-likeness (QED) is 0.906. The minimum absolute atomic E-state index is 0.0899. The third kappa shape index (κ3) is 4.11. The number of rotatable bonds is 5. The van der Waals surface area contributed by atoms with Crippen LogP contribution in [0.3, 0.4) is 0 Å². The monoisotopic (exact) mass is 303 g/mol. The molecule has 1 aromatic rings. The molecule has 0 bridgehead atoms. The third-order valence-corrected chi connectivity index (χ3v) is 3.78. The van der Waals surface area contributed by atoms with Gasteiger partial charge >= 0.3 is 6.18 Å². The summed E-state index contributed by atoms with van der Waals surface area (Å²) in [6, 6.07) is 5.70. The number of methoxy groups -OCH3 is 1. The Bertz CT molecular complexity index is 476. The first-order valence-electron chi connectivity index (χ1n) is 6.97. The average Bonchev–Trinajstić information content (AvgIpc) is 2.45. The fraction of sp³-hybridized carbons (Fsp3) is 0.600. The Hall–Kier alpha value is -1.27. The van der Waals surface area contributed by atoms with Crippen molar-refractivity contribution in [1.29, 1.82) is 0 Å². The molecular formula is C15H20F3NO2. The maximum Gasteiger partial charge on any atom is 0.391 e. The number of fused-ring (bicyclic) bond motifs is 1. The van der Waals surface area contributed by atoms with Crippen LogP contribution in [0.15, 0.2) is 18.2 Å². The van der Waals surface area contributed by atoms with Crippen LogP contribution >= 0.6 is 0 Å². The van der Waals surface area contributed by atoms with E-state index in [1.54, 1.807) is 14.2 Å². The molecule has 0 saturated carbocycles. The van der Waals surface area contributed by atoms with Gasteiger partial charge in [0.2, 0.25) is 0 Å². The third-order valence-electron chi connectivity index (χ3n) is 3.78. The Morgan fingerprint density at radius 1 is 1.33 bits per heavy atom. The lowest BCUT2D eigenvalue weighted by molar-refractivity contribution is -0.150. The van der Waals surface area contributed by atoms with Crippen molar-refractivity contribution in [3.05, 3.63) is 29.3 Å². The molecule has 1 aromatic carbocycles. The van der Waals surface area contributed by atoms with E-state index in [4.69, 9.17) is 9.47 Å². The molecule has 0 amide bonds. The topological polar surface area (TPSA) is 30.5 Å². The van der Waals surface area contributed by atoms with Crippen molar-refractivity contribution in [2.75, 3.05) is 20.8 Å². The Kier molecular flexibility index (Phi) is 5.11. The van der Waals surface area contributed by atoms with Gasteiger partial charge in [0.1, 0.15) is 5.75 Å². The summed E-state index contributed by atoms with van der Waals surface area (Å²) in [5.74, 6) is 0.792. The zero-order chi connectivity index (χ0) is 15.5. The van der Waals surface area contributed by atoms with Crippen molar-refractivity contribution in [2.45, 2.75) is 37.6 Å². The van der Waals surface area contributed by atoms with Gasteiger partial charge in [0.25, 0.3) is 0 Å². The van der Waals surface area contributed by atoms with E-state index in [0.717, 1.165) is 23.3 Å². The first-order valence-corrected chi connectivity index (χ1v) is 6.97. The van der Waals surface area contributed by atoms with E-state index in [2.05, 4.69) is 5.32 Å². The van der Waals surface area contributed by atoms with Crippen LogP contribution in [0.5, 0.6) is 5.75 Å². The largest absolute Gasteiger partial charge is 0.497 e. The molecule has 2 atom stereocenters. The van der Waals surface area contributed by atoms with Gasteiger partial charge in [-0.05, 0) is 43.1 Å². The molecule has 2 unspecified atom stereocenters. The molecule has 3 nitrogen and oxygen atoms in total. The summed E-state index contributed by atoms with van der Waals surface area (Å²) in [7, 11) is 3.41. The standard InChI is InChI=1S/C15H20F3NO2/c1-19-14-12-5-4-11(20-2)9-10(12)3-6-13(14)21-8-7-15(16,17)18/h4-5,9,13-14,19H,3,6-8H2,1-2H3. The first-order chi connectivity index (χ1) is 9.94. The van der Waals surface area contributed by atoms with E-state index >= 15 is 0 Å². The van der Waals surface area contributed by atoms with Gasteiger partial charge in [0.05, 0.1) is 32.3 Å². The van der Waals surface area contributed by atoms with Crippen molar-refractivity contribution in [3.8, 4) is 5.75 Å². The van der Waals surface area contributed by atoms with Gasteiger partial charge in [-0.3, -0.25) is 0 Å². The molecule has 1 aliphatic carbocycles. The van der Waals surface area contributed by atoms with Crippen molar-refractivity contribution in [3.63, 3.8) is 0 Å². The first kappa shape index (κ1) is 16.1. The molecule has 1 aliphatic rings. The average molecular weight is 303 g/mol. The number of hydrogen-bond donors (Lipinski definition) is 1. The Balaban J connectivity index is 2.05. The number of nitrogens with one attached hydrogen (secondary N) is 1. The normalized spacial score (nSPS) is 22.0. The van der Waals surface area contributed by atoms with E-state index < -0.39 is 12.6 Å². The smallest absolute Gasteiger partial charge is 0.391 e. The second-order valence-corrected chi connectivity index (χ2v) is 5.14. The fourth-order valence-corrected chi connectivity index (χ4v) is 2.74. The highest BCUT2D eigenvalue weighted by Crippen LogP contribution is 2.34. The SMILES string of the molecule is CNC1c2ccc(OC)cc2CCC1OCCC(F)(F)F. The van der Waals surface area contributed by atoms with Crippen LogP contribution in [0.2, 0.25) is 0 Å². The number of aryl methyl sites for hydroxylation is 1. The van der Waals surface area contributed by atoms with Crippen molar-refractivity contribution in [2.24, 2.45) is 0 Å². The predicted molar refractivity (Wildman–Crippen MR) is 73.5 cm³/mol. The fourth-order valence-electron chi connectivity index (χ4n) is 2.74. The number of benzene rings is 1. The zero-order valence-electron chi connectivity index (χ0n) is 12.2. The van der Waals surface area contributed by atoms with Gasteiger partial charge in [-0.15, -0.1) is 0 Å². The highest BCUT2D eigenvalue weighted by atomic mass is 19.4. The summed E-state index contributed by atoms with van der Waals surface area (Å²) in [4.78, 5) is 0. The van der Waals surface area contributed by atoms with Crippen LogP contribution in [0.1, 0.15) is 30.0 Å². The highest BCUT2D eigenvalue weighted by molar-refractivity contribution is 5.39. The van der Waals surface area contributed by atoms with E-state index in [1.807, 2.05) is 18.2 Å². The molecule has 0 heterocycles. The van der Waals surface area contributed by atoms with Crippen LogP contribution in [-0.2, 0) is 11.2 Å². The second kappa shape index (κ2) is 6.66. The van der Waals surface area contributed by atoms with Gasteiger partial charge in [0.15, 0.2) is 0 Å². The molecule has 2 rings (SSSR count). The predicted octanol–water partition coefficient (Wildman–Crippen LogP) is 3.24. The molecule has 0 spiro atoms. The van der Waals surface area contributed by atoms with Crippen molar-refractivity contribution in [1.82, 2.24) is 5.32 Å². The molecule has 0 aromatic heterocycles. The van der Waals surface area contributed by atoms with Crippen LogP contribution in [0, 0.1) is 0 Å². The van der Waals surface area contributed by atoms with E-state index in [9.17, 15) is 13.2 Å². The lowest BCUT2D eigenvalue weighted by Crippen LogP contribution is -2.36. The number of likely N-dealkylation sites (N-methyl/N-ethyl adjacent to an activating group) is 1. The maximum atomic E-state index is 12.2. The van der Waals surface area contributed by atoms with Gasteiger partial charge in [0, 0.05) is 0 Å². The zero-order valence-corrected chi connectivity index (χ0v) is 12.2. The molecule has 0 aliphatic heterocycles. The summed E-state index contributed by atoms with van der Waals surface area (Å²) < 4.78 is 47.3. The van der Waals surface area contributed by atoms with Crippen molar-refractivity contribution >= 4 is 0 Å². The van der Waals surface area contributed by atoms with Gasteiger partial charge in [-0.2, -0.15) is 13.2 Å². The van der Waals surface area contributed by atoms with E-state index in [-0.39, 0.29) is 18.8 Å². The van der Waals surface area contributed by atoms with E-state index in [0.29, 0.717) is 6.42 Å². The molecular weight excluding hydrogens is 283 g/mol. The molecule has 118 valence electrons. The molecule has 0 fully saturated rings.